The Kier molecular flexibility index (Phi) is 5.90. The molecule has 3 aromatic rings. The van der Waals surface area contributed by atoms with E-state index in [0.29, 0.717) is 0 Å². The molecule has 2 aromatic carbocycles. The normalized spacial score (nSPS) is 11.3. The summed E-state index contributed by atoms with van der Waals surface area (Å²) in [6.07, 6.45) is 3.81. The Balaban J connectivity index is 1.53. The minimum atomic E-state index is -0.552. The van der Waals surface area contributed by atoms with Gasteiger partial charge in [-0.15, -0.1) is 0 Å². The third-order valence-corrected chi connectivity index (χ3v) is 4.50. The number of phenolic OH excluding ortho intramolecular Hbond substituents is 1. The molecule has 1 heterocycles. The number of amides is 1. The van der Waals surface area contributed by atoms with Gasteiger partial charge < -0.3 is 15.4 Å². The van der Waals surface area contributed by atoms with Crippen LogP contribution in [0.15, 0.2) is 48.5 Å². The van der Waals surface area contributed by atoms with E-state index >= 15 is 0 Å². The van der Waals surface area contributed by atoms with Crippen molar-refractivity contribution in [2.45, 2.75) is 19.9 Å². The SMILES string of the molecule is Cc1[nH]c2cc(O)ccc2c1CCNCc1ccc(/C=C/C(=O)NO)cc1. The smallest absolute Gasteiger partial charge is 0.267 e. The summed E-state index contributed by atoms with van der Waals surface area (Å²) in [6.45, 7) is 3.64. The van der Waals surface area contributed by atoms with Gasteiger partial charge in [0.1, 0.15) is 5.75 Å². The van der Waals surface area contributed by atoms with Crippen molar-refractivity contribution < 1.29 is 15.1 Å². The molecule has 0 unspecified atom stereocenters. The van der Waals surface area contributed by atoms with Crippen molar-refractivity contribution in [3.05, 3.63) is 70.9 Å². The van der Waals surface area contributed by atoms with Crippen LogP contribution in [0.2, 0.25) is 0 Å². The number of carbonyl (C=O) groups is 1. The Morgan fingerprint density at radius 3 is 2.70 bits per heavy atom. The number of H-pyrrole nitrogens is 1. The maximum atomic E-state index is 11.0. The molecule has 5 N–H and O–H groups in total. The first-order valence-corrected chi connectivity index (χ1v) is 8.79. The second-order valence-corrected chi connectivity index (χ2v) is 6.44. The number of hydrogen-bond donors (Lipinski definition) is 5. The van der Waals surface area contributed by atoms with Crippen LogP contribution in [-0.4, -0.2) is 27.7 Å². The lowest BCUT2D eigenvalue weighted by molar-refractivity contribution is -0.124. The largest absolute Gasteiger partial charge is 0.508 e. The third kappa shape index (κ3) is 4.75. The highest BCUT2D eigenvalue weighted by molar-refractivity contribution is 5.90. The molecule has 0 fully saturated rings. The Bertz CT molecular complexity index is 959. The molecule has 0 saturated heterocycles. The fourth-order valence-electron chi connectivity index (χ4n) is 3.10. The molecule has 6 heteroatoms. The van der Waals surface area contributed by atoms with Gasteiger partial charge >= 0.3 is 0 Å². The number of aromatic amines is 1. The summed E-state index contributed by atoms with van der Waals surface area (Å²) in [5.41, 5.74) is 6.95. The van der Waals surface area contributed by atoms with E-state index in [2.05, 4.69) is 17.2 Å². The maximum Gasteiger partial charge on any atom is 0.267 e. The molecule has 27 heavy (non-hydrogen) atoms. The number of aryl methyl sites for hydroxylation is 1. The zero-order chi connectivity index (χ0) is 19.2. The van der Waals surface area contributed by atoms with Crippen molar-refractivity contribution in [2.24, 2.45) is 0 Å². The molecular weight excluding hydrogens is 342 g/mol. The van der Waals surface area contributed by atoms with Crippen LogP contribution < -0.4 is 10.8 Å². The molecule has 140 valence electrons. The van der Waals surface area contributed by atoms with Gasteiger partial charge in [0.2, 0.25) is 0 Å². The van der Waals surface area contributed by atoms with Crippen LogP contribution in [0.25, 0.3) is 17.0 Å². The maximum absolute atomic E-state index is 11.0. The molecule has 1 aromatic heterocycles. The Morgan fingerprint density at radius 2 is 1.96 bits per heavy atom. The third-order valence-electron chi connectivity index (χ3n) is 4.50. The van der Waals surface area contributed by atoms with Crippen molar-refractivity contribution >= 4 is 22.9 Å². The molecule has 0 bridgehead atoms. The van der Waals surface area contributed by atoms with Crippen molar-refractivity contribution in [1.29, 1.82) is 0 Å². The van der Waals surface area contributed by atoms with Crippen LogP contribution in [0.4, 0.5) is 0 Å². The van der Waals surface area contributed by atoms with Gasteiger partial charge in [0.25, 0.3) is 5.91 Å². The average Bonchev–Trinajstić information content (AvgIpc) is 2.98. The lowest BCUT2D eigenvalue weighted by Gasteiger charge is -2.06. The van der Waals surface area contributed by atoms with E-state index in [9.17, 15) is 9.90 Å². The standard InChI is InChI=1S/C21H23N3O3/c1-14-18(19-8-7-17(25)12-20(19)23-14)10-11-22-13-16-4-2-15(3-5-16)6-9-21(26)24-27/h2-9,12,22-23,25,27H,10-11,13H2,1H3,(H,24,26)/b9-6+. The lowest BCUT2D eigenvalue weighted by Crippen LogP contribution is -2.16. The molecular formula is C21H23N3O3. The lowest BCUT2D eigenvalue weighted by atomic mass is 10.1. The molecule has 3 rings (SSSR count). The predicted molar refractivity (Wildman–Crippen MR) is 106 cm³/mol. The molecule has 1 amide bonds. The molecule has 0 spiro atoms. The van der Waals surface area contributed by atoms with Crippen molar-refractivity contribution in [1.82, 2.24) is 15.8 Å². The van der Waals surface area contributed by atoms with Crippen molar-refractivity contribution in [2.75, 3.05) is 6.54 Å². The summed E-state index contributed by atoms with van der Waals surface area (Å²) in [5, 5.41) is 22.6. The Labute approximate surface area is 157 Å². The average molecular weight is 365 g/mol. The second-order valence-electron chi connectivity index (χ2n) is 6.44. The van der Waals surface area contributed by atoms with E-state index in [1.54, 1.807) is 23.7 Å². The van der Waals surface area contributed by atoms with Crippen LogP contribution in [0.1, 0.15) is 22.4 Å². The molecule has 0 aliphatic rings. The van der Waals surface area contributed by atoms with Crippen molar-refractivity contribution in [3.63, 3.8) is 0 Å². The molecule has 6 nitrogen and oxygen atoms in total. The summed E-state index contributed by atoms with van der Waals surface area (Å²) in [6, 6.07) is 13.3. The van der Waals surface area contributed by atoms with Crippen LogP contribution in [0.5, 0.6) is 5.75 Å². The fourth-order valence-corrected chi connectivity index (χ4v) is 3.10. The van der Waals surface area contributed by atoms with E-state index in [1.165, 1.54) is 11.6 Å². The number of nitrogens with one attached hydrogen (secondary N) is 3. The van der Waals surface area contributed by atoms with Crippen molar-refractivity contribution in [3.8, 4) is 5.75 Å². The van der Waals surface area contributed by atoms with Gasteiger partial charge in [0, 0.05) is 35.3 Å². The number of aromatic nitrogens is 1. The van der Waals surface area contributed by atoms with E-state index in [4.69, 9.17) is 5.21 Å². The van der Waals surface area contributed by atoms with Gasteiger partial charge in [0.05, 0.1) is 0 Å². The number of carbonyl (C=O) groups excluding carboxylic acids is 1. The minimum Gasteiger partial charge on any atom is -0.508 e. The monoisotopic (exact) mass is 365 g/mol. The zero-order valence-electron chi connectivity index (χ0n) is 15.1. The van der Waals surface area contributed by atoms with Gasteiger partial charge in [-0.3, -0.25) is 10.0 Å². The summed E-state index contributed by atoms with van der Waals surface area (Å²) < 4.78 is 0. The minimum absolute atomic E-state index is 0.267. The number of fused-ring (bicyclic) bond motifs is 1. The first kappa shape index (κ1) is 18.7. The summed E-state index contributed by atoms with van der Waals surface area (Å²) in [7, 11) is 0. The number of phenols is 1. The fraction of sp³-hybridized carbons (Fsp3) is 0.190. The highest BCUT2D eigenvalue weighted by Gasteiger charge is 2.08. The first-order valence-electron chi connectivity index (χ1n) is 8.79. The summed E-state index contributed by atoms with van der Waals surface area (Å²) in [5.74, 6) is -0.285. The van der Waals surface area contributed by atoms with Gasteiger partial charge in [-0.05, 0) is 54.8 Å². The highest BCUT2D eigenvalue weighted by Crippen LogP contribution is 2.25. The number of rotatable bonds is 7. The molecule has 0 saturated carbocycles. The topological polar surface area (TPSA) is 97.4 Å². The van der Waals surface area contributed by atoms with E-state index in [0.717, 1.165) is 47.2 Å². The molecule has 0 atom stereocenters. The number of benzene rings is 2. The van der Waals surface area contributed by atoms with E-state index in [-0.39, 0.29) is 5.75 Å². The van der Waals surface area contributed by atoms with Crippen LogP contribution in [0.3, 0.4) is 0 Å². The predicted octanol–water partition coefficient (Wildman–Crippen LogP) is 3.03. The summed E-state index contributed by atoms with van der Waals surface area (Å²) in [4.78, 5) is 14.3. The number of hydrogen-bond acceptors (Lipinski definition) is 4. The second kappa shape index (κ2) is 8.53. The number of hydroxylamine groups is 1. The van der Waals surface area contributed by atoms with E-state index in [1.807, 2.05) is 30.3 Å². The van der Waals surface area contributed by atoms with Gasteiger partial charge in [0.15, 0.2) is 0 Å². The van der Waals surface area contributed by atoms with Crippen LogP contribution in [-0.2, 0) is 17.8 Å². The number of aromatic hydroxyl groups is 1. The summed E-state index contributed by atoms with van der Waals surface area (Å²) >= 11 is 0. The zero-order valence-corrected chi connectivity index (χ0v) is 15.1. The van der Waals surface area contributed by atoms with Crippen LogP contribution >= 0.6 is 0 Å². The van der Waals surface area contributed by atoms with Gasteiger partial charge in [-0.1, -0.05) is 24.3 Å². The quantitative estimate of drug-likeness (QED) is 0.192. The van der Waals surface area contributed by atoms with Gasteiger partial charge in [-0.25, -0.2) is 5.48 Å². The Morgan fingerprint density at radius 1 is 1.19 bits per heavy atom. The van der Waals surface area contributed by atoms with Gasteiger partial charge in [-0.2, -0.15) is 0 Å². The first-order chi connectivity index (χ1) is 13.1. The molecule has 0 radical (unpaired) electrons. The molecule has 0 aliphatic carbocycles. The Hall–Kier alpha value is -3.09. The van der Waals surface area contributed by atoms with Crippen LogP contribution in [0, 0.1) is 6.92 Å². The highest BCUT2D eigenvalue weighted by atomic mass is 16.5. The van der Waals surface area contributed by atoms with E-state index < -0.39 is 5.91 Å². The molecule has 0 aliphatic heterocycles.